The maximum absolute atomic E-state index is 3.84. The summed E-state index contributed by atoms with van der Waals surface area (Å²) in [7, 11) is 0. The zero-order valence-corrected chi connectivity index (χ0v) is 13.7. The molecule has 1 N–H and O–H groups in total. The average molecular weight is 291 g/mol. The van der Waals surface area contributed by atoms with E-state index in [0.717, 1.165) is 12.1 Å². The maximum atomic E-state index is 3.84. The lowest BCUT2D eigenvalue weighted by molar-refractivity contribution is 0.158. The average Bonchev–Trinajstić information content (AvgIpc) is 2.92. The van der Waals surface area contributed by atoms with E-state index in [-0.39, 0.29) is 0 Å². The van der Waals surface area contributed by atoms with Crippen LogP contribution in [-0.4, -0.2) is 61.2 Å². The van der Waals surface area contributed by atoms with Gasteiger partial charge in [-0.1, -0.05) is 12.8 Å². The Morgan fingerprint density at radius 1 is 0.905 bits per heavy atom. The number of hydrogen-bond acceptors (Lipinski definition) is 3. The first-order valence-electron chi connectivity index (χ1n) is 9.53. The van der Waals surface area contributed by atoms with E-state index in [4.69, 9.17) is 0 Å². The Bertz CT molecular complexity index is 340. The van der Waals surface area contributed by atoms with Crippen molar-refractivity contribution < 1.29 is 0 Å². The standard InChI is InChI=1S/C18H33N3/c1-2-9-18(8-1,14-19-16-5-6-16)15-20-12-7-17(13-20)21-10-3-4-11-21/h16-17,19H,1-15H2. The molecular formula is C18H33N3. The minimum atomic E-state index is 0.614. The molecule has 0 amide bonds. The predicted molar refractivity (Wildman–Crippen MR) is 87.6 cm³/mol. The van der Waals surface area contributed by atoms with Gasteiger partial charge in [0.05, 0.1) is 0 Å². The lowest BCUT2D eigenvalue weighted by Crippen LogP contribution is -2.43. The summed E-state index contributed by atoms with van der Waals surface area (Å²) in [6.07, 6.45) is 13.0. The van der Waals surface area contributed by atoms with Crippen LogP contribution in [0.15, 0.2) is 0 Å². The molecular weight excluding hydrogens is 258 g/mol. The van der Waals surface area contributed by atoms with E-state index in [9.17, 15) is 0 Å². The van der Waals surface area contributed by atoms with E-state index in [2.05, 4.69) is 15.1 Å². The lowest BCUT2D eigenvalue weighted by Gasteiger charge is -2.34. The molecule has 1 unspecified atom stereocenters. The minimum Gasteiger partial charge on any atom is -0.313 e. The van der Waals surface area contributed by atoms with Gasteiger partial charge in [-0.05, 0) is 70.0 Å². The molecule has 2 aliphatic carbocycles. The van der Waals surface area contributed by atoms with Crippen LogP contribution in [-0.2, 0) is 0 Å². The molecule has 120 valence electrons. The quantitative estimate of drug-likeness (QED) is 0.811. The highest BCUT2D eigenvalue weighted by Crippen LogP contribution is 2.40. The molecule has 4 fully saturated rings. The zero-order valence-electron chi connectivity index (χ0n) is 13.7. The molecule has 2 saturated carbocycles. The van der Waals surface area contributed by atoms with Crippen molar-refractivity contribution in [2.45, 2.75) is 69.9 Å². The molecule has 3 nitrogen and oxygen atoms in total. The Morgan fingerprint density at radius 3 is 2.38 bits per heavy atom. The van der Waals surface area contributed by atoms with Crippen molar-refractivity contribution in [3.63, 3.8) is 0 Å². The van der Waals surface area contributed by atoms with Gasteiger partial charge in [-0.15, -0.1) is 0 Å². The summed E-state index contributed by atoms with van der Waals surface area (Å²) < 4.78 is 0. The fourth-order valence-corrected chi connectivity index (χ4v) is 5.00. The number of hydrogen-bond donors (Lipinski definition) is 1. The molecule has 0 radical (unpaired) electrons. The Hall–Kier alpha value is -0.120. The number of nitrogens with zero attached hydrogens (tertiary/aromatic N) is 2. The lowest BCUT2D eigenvalue weighted by atomic mass is 9.85. The first-order valence-corrected chi connectivity index (χ1v) is 9.53. The Labute approximate surface area is 130 Å². The van der Waals surface area contributed by atoms with Crippen LogP contribution in [0, 0.1) is 5.41 Å². The van der Waals surface area contributed by atoms with Gasteiger partial charge >= 0.3 is 0 Å². The van der Waals surface area contributed by atoms with Gasteiger partial charge in [0, 0.05) is 31.7 Å². The third kappa shape index (κ3) is 3.46. The van der Waals surface area contributed by atoms with E-state index in [0.29, 0.717) is 5.41 Å². The Morgan fingerprint density at radius 2 is 1.67 bits per heavy atom. The first-order chi connectivity index (χ1) is 10.3. The SMILES string of the molecule is C1CCN(C2CCN(CC3(CNC4CC4)CCCC3)C2)C1. The van der Waals surface area contributed by atoms with Gasteiger partial charge in [0.15, 0.2) is 0 Å². The van der Waals surface area contributed by atoms with Gasteiger partial charge in [0.2, 0.25) is 0 Å². The van der Waals surface area contributed by atoms with Crippen molar-refractivity contribution >= 4 is 0 Å². The molecule has 0 aromatic carbocycles. The van der Waals surface area contributed by atoms with Crippen LogP contribution in [0.3, 0.4) is 0 Å². The van der Waals surface area contributed by atoms with Gasteiger partial charge in [0.1, 0.15) is 0 Å². The largest absolute Gasteiger partial charge is 0.313 e. The monoisotopic (exact) mass is 291 g/mol. The van der Waals surface area contributed by atoms with E-state index in [1.165, 1.54) is 97.1 Å². The third-order valence-electron chi connectivity index (χ3n) is 6.47. The molecule has 0 spiro atoms. The van der Waals surface area contributed by atoms with Crippen LogP contribution in [0.25, 0.3) is 0 Å². The van der Waals surface area contributed by atoms with Gasteiger partial charge in [0.25, 0.3) is 0 Å². The van der Waals surface area contributed by atoms with E-state index < -0.39 is 0 Å². The molecule has 0 aromatic rings. The van der Waals surface area contributed by atoms with Crippen LogP contribution in [0.4, 0.5) is 0 Å². The molecule has 2 aliphatic heterocycles. The van der Waals surface area contributed by atoms with E-state index in [1.807, 2.05) is 0 Å². The summed E-state index contributed by atoms with van der Waals surface area (Å²) in [5.41, 5.74) is 0.614. The predicted octanol–water partition coefficient (Wildman–Crippen LogP) is 2.47. The normalized spacial score (nSPS) is 34.0. The summed E-state index contributed by atoms with van der Waals surface area (Å²) >= 11 is 0. The minimum absolute atomic E-state index is 0.614. The topological polar surface area (TPSA) is 18.5 Å². The van der Waals surface area contributed by atoms with Crippen LogP contribution in [0.1, 0.15) is 57.8 Å². The van der Waals surface area contributed by atoms with Crippen LogP contribution < -0.4 is 5.32 Å². The van der Waals surface area contributed by atoms with E-state index in [1.54, 1.807) is 0 Å². The van der Waals surface area contributed by atoms with Crippen molar-refractivity contribution in [1.82, 2.24) is 15.1 Å². The second-order valence-electron chi connectivity index (χ2n) is 8.28. The molecule has 0 aromatic heterocycles. The highest BCUT2D eigenvalue weighted by molar-refractivity contribution is 4.95. The summed E-state index contributed by atoms with van der Waals surface area (Å²) in [5, 5.41) is 3.84. The van der Waals surface area contributed by atoms with Crippen molar-refractivity contribution in [1.29, 1.82) is 0 Å². The smallest absolute Gasteiger partial charge is 0.0235 e. The maximum Gasteiger partial charge on any atom is 0.0235 e. The molecule has 0 bridgehead atoms. The number of nitrogens with one attached hydrogen (secondary N) is 1. The van der Waals surface area contributed by atoms with Crippen LogP contribution in [0.5, 0.6) is 0 Å². The first kappa shape index (κ1) is 14.5. The molecule has 3 heteroatoms. The summed E-state index contributed by atoms with van der Waals surface area (Å²) in [4.78, 5) is 5.58. The van der Waals surface area contributed by atoms with Crippen LogP contribution >= 0.6 is 0 Å². The Kier molecular flexibility index (Phi) is 4.25. The van der Waals surface area contributed by atoms with Gasteiger partial charge in [-0.3, -0.25) is 4.90 Å². The van der Waals surface area contributed by atoms with Crippen molar-refractivity contribution in [3.8, 4) is 0 Å². The molecule has 2 heterocycles. The summed E-state index contributed by atoms with van der Waals surface area (Å²) in [6, 6.07) is 1.75. The van der Waals surface area contributed by atoms with Crippen molar-refractivity contribution in [2.75, 3.05) is 39.3 Å². The summed E-state index contributed by atoms with van der Waals surface area (Å²) in [6.45, 7) is 8.11. The van der Waals surface area contributed by atoms with Gasteiger partial charge in [-0.2, -0.15) is 0 Å². The molecule has 2 saturated heterocycles. The van der Waals surface area contributed by atoms with Crippen molar-refractivity contribution in [2.24, 2.45) is 5.41 Å². The van der Waals surface area contributed by atoms with Gasteiger partial charge in [-0.25, -0.2) is 0 Å². The second kappa shape index (κ2) is 6.17. The fraction of sp³-hybridized carbons (Fsp3) is 1.00. The van der Waals surface area contributed by atoms with E-state index >= 15 is 0 Å². The number of rotatable bonds is 6. The highest BCUT2D eigenvalue weighted by Gasteiger charge is 2.39. The molecule has 4 rings (SSSR count). The van der Waals surface area contributed by atoms with Crippen LogP contribution in [0.2, 0.25) is 0 Å². The Balaban J connectivity index is 1.30. The van der Waals surface area contributed by atoms with Gasteiger partial charge < -0.3 is 10.2 Å². The molecule has 1 atom stereocenters. The molecule has 21 heavy (non-hydrogen) atoms. The fourth-order valence-electron chi connectivity index (χ4n) is 5.00. The molecule has 4 aliphatic rings. The summed E-state index contributed by atoms with van der Waals surface area (Å²) in [5.74, 6) is 0. The highest BCUT2D eigenvalue weighted by atomic mass is 15.3. The zero-order chi connectivity index (χ0) is 14.1. The third-order valence-corrected chi connectivity index (χ3v) is 6.47. The van der Waals surface area contributed by atoms with Crippen molar-refractivity contribution in [3.05, 3.63) is 0 Å². The second-order valence-corrected chi connectivity index (χ2v) is 8.28. The number of likely N-dealkylation sites (tertiary alicyclic amines) is 2.